The molecule has 4 rings (SSSR count). The van der Waals surface area contributed by atoms with E-state index in [1.165, 1.54) is 21.0 Å². The minimum atomic E-state index is -0.255. The molecule has 3 aliphatic carbocycles. The predicted molar refractivity (Wildman–Crippen MR) is 105 cm³/mol. The molecule has 2 saturated carbocycles. The molecule has 3 aliphatic rings. The Hall–Kier alpha value is -1.88. The van der Waals surface area contributed by atoms with Gasteiger partial charge in [-0.2, -0.15) is 0 Å². The molecule has 0 unspecified atom stereocenters. The number of ether oxygens (including phenoxy) is 1. The van der Waals surface area contributed by atoms with Crippen molar-refractivity contribution in [2.45, 2.75) is 71.3 Å². The summed E-state index contributed by atoms with van der Waals surface area (Å²) in [6, 6.07) is 0. The van der Waals surface area contributed by atoms with E-state index in [9.17, 15) is 19.8 Å². The van der Waals surface area contributed by atoms with Crippen LogP contribution >= 0.6 is 0 Å². The van der Waals surface area contributed by atoms with Gasteiger partial charge < -0.3 is 14.9 Å². The van der Waals surface area contributed by atoms with Gasteiger partial charge in [-0.1, -0.05) is 6.92 Å². The Labute approximate surface area is 166 Å². The predicted octanol–water partition coefficient (Wildman–Crippen LogP) is 4.02. The van der Waals surface area contributed by atoms with Gasteiger partial charge in [-0.25, -0.2) is 0 Å². The third-order valence-corrected chi connectivity index (χ3v) is 7.97. The molecule has 28 heavy (non-hydrogen) atoms. The SMILES string of the molecule is COc1c(O)c(C(C)=O)c2c(c1C(C)=O)[C@H]1CC[C@]3(C)[C@@H](O)CC[C@H]3[C@@H]1CC2. The number of methoxy groups -OCH3 is 1. The number of carbonyl (C=O) groups is 2. The minimum Gasteiger partial charge on any atom is -0.504 e. The normalized spacial score (nSPS) is 33.6. The molecule has 5 atom stereocenters. The van der Waals surface area contributed by atoms with Gasteiger partial charge in [0.2, 0.25) is 0 Å². The highest BCUT2D eigenvalue weighted by molar-refractivity contribution is 6.06. The molecule has 0 amide bonds. The molecule has 152 valence electrons. The molecule has 1 aromatic carbocycles. The van der Waals surface area contributed by atoms with Crippen molar-refractivity contribution in [3.05, 3.63) is 22.3 Å². The smallest absolute Gasteiger partial charge is 0.172 e. The van der Waals surface area contributed by atoms with E-state index >= 15 is 0 Å². The lowest BCUT2D eigenvalue weighted by Gasteiger charge is -2.50. The topological polar surface area (TPSA) is 83.8 Å². The van der Waals surface area contributed by atoms with Crippen LogP contribution in [0.5, 0.6) is 11.5 Å². The first-order valence-corrected chi connectivity index (χ1v) is 10.4. The lowest BCUT2D eigenvalue weighted by molar-refractivity contribution is -0.0227. The van der Waals surface area contributed by atoms with E-state index in [0.29, 0.717) is 29.4 Å². The summed E-state index contributed by atoms with van der Waals surface area (Å²) in [6.45, 7) is 5.17. The molecule has 1 aromatic rings. The first-order chi connectivity index (χ1) is 13.2. The molecule has 0 aromatic heterocycles. The van der Waals surface area contributed by atoms with Gasteiger partial charge in [0, 0.05) is 0 Å². The van der Waals surface area contributed by atoms with E-state index in [2.05, 4.69) is 6.92 Å². The van der Waals surface area contributed by atoms with Gasteiger partial charge >= 0.3 is 0 Å². The van der Waals surface area contributed by atoms with Crippen LogP contribution in [0, 0.1) is 17.3 Å². The number of aromatic hydroxyl groups is 1. The van der Waals surface area contributed by atoms with Crippen molar-refractivity contribution in [1.82, 2.24) is 0 Å². The van der Waals surface area contributed by atoms with Gasteiger partial charge in [0.25, 0.3) is 0 Å². The quantitative estimate of drug-likeness (QED) is 0.767. The largest absolute Gasteiger partial charge is 0.504 e. The summed E-state index contributed by atoms with van der Waals surface area (Å²) in [5.74, 6) is 0.576. The first kappa shape index (κ1) is 19.4. The molecule has 0 aliphatic heterocycles. The van der Waals surface area contributed by atoms with Crippen molar-refractivity contribution >= 4 is 11.6 Å². The van der Waals surface area contributed by atoms with Crippen molar-refractivity contribution in [3.63, 3.8) is 0 Å². The fourth-order valence-corrected chi connectivity index (χ4v) is 6.71. The molecule has 0 spiro atoms. The second kappa shape index (κ2) is 6.58. The van der Waals surface area contributed by atoms with Crippen LogP contribution in [0.3, 0.4) is 0 Å². The number of hydrogen-bond acceptors (Lipinski definition) is 5. The van der Waals surface area contributed by atoms with Crippen LogP contribution in [0.4, 0.5) is 0 Å². The third-order valence-electron chi connectivity index (χ3n) is 7.97. The van der Waals surface area contributed by atoms with E-state index in [1.54, 1.807) is 0 Å². The number of carbonyl (C=O) groups excluding carboxylic acids is 2. The highest BCUT2D eigenvalue weighted by atomic mass is 16.5. The zero-order chi connectivity index (χ0) is 20.4. The van der Waals surface area contributed by atoms with Gasteiger partial charge in [0.15, 0.2) is 23.1 Å². The number of phenols is 1. The van der Waals surface area contributed by atoms with E-state index < -0.39 is 0 Å². The highest BCUT2D eigenvalue weighted by Gasteiger charge is 2.55. The van der Waals surface area contributed by atoms with Gasteiger partial charge in [-0.05, 0) is 86.7 Å². The molecular weight excluding hydrogens is 356 g/mol. The van der Waals surface area contributed by atoms with Crippen LogP contribution in [0.1, 0.15) is 90.6 Å². The zero-order valence-electron chi connectivity index (χ0n) is 17.2. The summed E-state index contributed by atoms with van der Waals surface area (Å²) in [5.41, 5.74) is 2.46. The zero-order valence-corrected chi connectivity index (χ0v) is 17.2. The maximum absolute atomic E-state index is 12.6. The second-order valence-corrected chi connectivity index (χ2v) is 9.19. The Morgan fingerprint density at radius 2 is 1.75 bits per heavy atom. The highest BCUT2D eigenvalue weighted by Crippen LogP contribution is 2.62. The number of benzene rings is 1. The minimum absolute atomic E-state index is 0.0561. The van der Waals surface area contributed by atoms with Crippen molar-refractivity contribution < 1.29 is 24.5 Å². The summed E-state index contributed by atoms with van der Waals surface area (Å²) in [7, 11) is 1.43. The van der Waals surface area contributed by atoms with Gasteiger partial charge in [0.1, 0.15) is 0 Å². The molecular formula is C23H30O5. The van der Waals surface area contributed by atoms with Crippen molar-refractivity contribution in [1.29, 1.82) is 0 Å². The second-order valence-electron chi connectivity index (χ2n) is 9.19. The monoisotopic (exact) mass is 386 g/mol. The summed E-state index contributed by atoms with van der Waals surface area (Å²) < 4.78 is 5.43. The van der Waals surface area contributed by atoms with Crippen LogP contribution in [0.25, 0.3) is 0 Å². The number of aliphatic hydroxyl groups is 1. The Kier molecular flexibility index (Phi) is 4.57. The van der Waals surface area contributed by atoms with Gasteiger partial charge in [0.05, 0.1) is 24.3 Å². The van der Waals surface area contributed by atoms with E-state index in [-0.39, 0.29) is 40.5 Å². The number of hydrogen-bond donors (Lipinski definition) is 2. The average molecular weight is 386 g/mol. The molecule has 5 heteroatoms. The average Bonchev–Trinajstić information content (AvgIpc) is 2.94. The van der Waals surface area contributed by atoms with Crippen LogP contribution in [-0.4, -0.2) is 35.0 Å². The number of fused-ring (bicyclic) bond motifs is 5. The summed E-state index contributed by atoms with van der Waals surface area (Å²) in [4.78, 5) is 25.0. The Morgan fingerprint density at radius 1 is 1.07 bits per heavy atom. The van der Waals surface area contributed by atoms with Crippen LogP contribution in [-0.2, 0) is 6.42 Å². The van der Waals surface area contributed by atoms with Crippen LogP contribution in [0.2, 0.25) is 0 Å². The molecule has 0 bridgehead atoms. The molecule has 0 radical (unpaired) electrons. The van der Waals surface area contributed by atoms with Crippen LogP contribution < -0.4 is 4.74 Å². The maximum Gasteiger partial charge on any atom is 0.172 e. The Balaban J connectivity index is 1.94. The van der Waals surface area contributed by atoms with E-state index in [0.717, 1.165) is 43.2 Å². The Morgan fingerprint density at radius 3 is 2.36 bits per heavy atom. The van der Waals surface area contributed by atoms with Crippen molar-refractivity contribution in [2.24, 2.45) is 17.3 Å². The number of ketones is 2. The lowest BCUT2D eigenvalue weighted by atomic mass is 9.54. The maximum atomic E-state index is 12.6. The Bertz CT molecular complexity index is 857. The summed E-state index contributed by atoms with van der Waals surface area (Å²) >= 11 is 0. The standard InChI is InChI=1S/C23H30O5/c1-11(24)18-15-6-5-13-14(9-10-23(3)16(13)7-8-17(23)26)20(15)19(12(2)25)22(28-4)21(18)27/h13-14,16-17,26-27H,5-10H2,1-4H3/t13-,14+,16+,17+,23+/m1/s1. The van der Waals surface area contributed by atoms with Crippen molar-refractivity contribution in [3.8, 4) is 11.5 Å². The summed E-state index contributed by atoms with van der Waals surface area (Å²) in [5, 5.41) is 21.3. The van der Waals surface area contributed by atoms with Crippen LogP contribution in [0.15, 0.2) is 0 Å². The number of aliphatic hydroxyl groups excluding tert-OH is 1. The third kappa shape index (κ3) is 2.48. The fraction of sp³-hybridized carbons (Fsp3) is 0.652. The lowest BCUT2D eigenvalue weighted by Crippen LogP contribution is -2.44. The molecule has 2 fully saturated rings. The number of Topliss-reactive ketones (excluding diaryl/α,β-unsaturated/α-hetero) is 2. The van der Waals surface area contributed by atoms with Gasteiger partial charge in [-0.3, -0.25) is 9.59 Å². The molecule has 5 nitrogen and oxygen atoms in total. The number of phenolic OH excluding ortho intramolecular Hbond substituents is 1. The van der Waals surface area contributed by atoms with Crippen molar-refractivity contribution in [2.75, 3.05) is 7.11 Å². The van der Waals surface area contributed by atoms with E-state index in [4.69, 9.17) is 4.74 Å². The molecule has 0 saturated heterocycles. The van der Waals surface area contributed by atoms with E-state index in [1.807, 2.05) is 0 Å². The fourth-order valence-electron chi connectivity index (χ4n) is 6.71. The first-order valence-electron chi connectivity index (χ1n) is 10.4. The summed E-state index contributed by atoms with van der Waals surface area (Å²) in [6.07, 6.45) is 4.99. The van der Waals surface area contributed by atoms with Gasteiger partial charge in [-0.15, -0.1) is 0 Å². The molecule has 2 N–H and O–H groups in total. The molecule has 0 heterocycles. The number of rotatable bonds is 3.